The van der Waals surface area contributed by atoms with Crippen LogP contribution < -0.4 is 5.32 Å². The summed E-state index contributed by atoms with van der Waals surface area (Å²) >= 11 is 0. The lowest BCUT2D eigenvalue weighted by Crippen LogP contribution is -2.29. The maximum absolute atomic E-state index is 4.80. The number of hydrogen-bond acceptors (Lipinski definition) is 2. The van der Waals surface area contributed by atoms with Crippen molar-refractivity contribution >= 4 is 0 Å². The molecule has 53 valence electrons. The third-order valence-electron chi connectivity index (χ3n) is 1.81. The Morgan fingerprint density at radius 2 is 2.11 bits per heavy atom. The molecule has 0 saturated carbocycles. The normalized spacial score (nSPS) is 22.3. The molecule has 0 aliphatic carbocycles. The summed E-state index contributed by atoms with van der Waals surface area (Å²) < 4.78 is 4.80. The molecule has 2 nitrogen and oxygen atoms in total. The monoisotopic (exact) mass is 128 g/mol. The first-order valence-corrected chi connectivity index (χ1v) is 3.51. The van der Waals surface area contributed by atoms with Crippen molar-refractivity contribution in [2.24, 2.45) is 5.92 Å². The maximum atomic E-state index is 4.80. The van der Waals surface area contributed by atoms with Gasteiger partial charge in [-0.3, -0.25) is 0 Å². The molecule has 1 aliphatic rings. The van der Waals surface area contributed by atoms with Crippen LogP contribution in [0.1, 0.15) is 12.8 Å². The highest BCUT2D eigenvalue weighted by molar-refractivity contribution is 4.67. The fraction of sp³-hybridized carbons (Fsp3) is 0.857. The number of rotatable bonds is 2. The molecule has 9 heavy (non-hydrogen) atoms. The van der Waals surface area contributed by atoms with Crippen LogP contribution in [0.15, 0.2) is 0 Å². The lowest BCUT2D eigenvalue weighted by Gasteiger charge is -2.21. The quantitative estimate of drug-likeness (QED) is 0.593. The Labute approximate surface area is 56.6 Å². The van der Waals surface area contributed by atoms with Crippen LogP contribution >= 0.6 is 0 Å². The van der Waals surface area contributed by atoms with E-state index in [-0.39, 0.29) is 0 Å². The fourth-order valence-corrected chi connectivity index (χ4v) is 1.22. The molecular weight excluding hydrogens is 114 g/mol. The topological polar surface area (TPSA) is 21.3 Å². The first kappa shape index (κ1) is 7.03. The van der Waals surface area contributed by atoms with Crippen molar-refractivity contribution in [3.8, 4) is 0 Å². The van der Waals surface area contributed by atoms with E-state index in [9.17, 15) is 0 Å². The van der Waals surface area contributed by atoms with E-state index >= 15 is 0 Å². The van der Waals surface area contributed by atoms with Gasteiger partial charge in [0.25, 0.3) is 0 Å². The van der Waals surface area contributed by atoms with Gasteiger partial charge in [-0.1, -0.05) is 0 Å². The van der Waals surface area contributed by atoms with Crippen molar-refractivity contribution in [2.75, 3.05) is 19.7 Å². The van der Waals surface area contributed by atoms with Crippen molar-refractivity contribution in [1.82, 2.24) is 5.32 Å². The zero-order chi connectivity index (χ0) is 6.53. The minimum Gasteiger partial charge on any atom is -0.379 e. The number of nitrogens with one attached hydrogen (secondary N) is 1. The van der Waals surface area contributed by atoms with Crippen LogP contribution in [0.4, 0.5) is 0 Å². The van der Waals surface area contributed by atoms with Crippen molar-refractivity contribution in [3.63, 3.8) is 0 Å². The second kappa shape index (κ2) is 3.85. The van der Waals surface area contributed by atoms with E-state index in [1.165, 1.54) is 12.8 Å². The molecule has 0 aromatic heterocycles. The Morgan fingerprint density at radius 1 is 1.44 bits per heavy atom. The van der Waals surface area contributed by atoms with E-state index in [0.717, 1.165) is 25.6 Å². The summed E-state index contributed by atoms with van der Waals surface area (Å²) in [6, 6.07) is 0. The predicted octanol–water partition coefficient (Wildman–Crippen LogP) is 0.794. The number of piperidine rings is 1. The second-order valence-electron chi connectivity index (χ2n) is 2.56. The molecule has 0 bridgehead atoms. The van der Waals surface area contributed by atoms with Gasteiger partial charge in [-0.2, -0.15) is 0 Å². The molecule has 0 amide bonds. The minimum atomic E-state index is 0.753. The molecule has 1 aliphatic heterocycles. The molecule has 1 heterocycles. The molecule has 0 aromatic rings. The van der Waals surface area contributed by atoms with Gasteiger partial charge in [0, 0.05) is 6.61 Å². The first-order valence-electron chi connectivity index (χ1n) is 3.51. The number of ether oxygens (including phenoxy) is 1. The molecule has 1 rings (SSSR count). The first-order chi connectivity index (χ1) is 4.43. The highest BCUT2D eigenvalue weighted by Gasteiger charge is 2.11. The minimum absolute atomic E-state index is 0.753. The average molecular weight is 128 g/mol. The van der Waals surface area contributed by atoms with Gasteiger partial charge in [0.15, 0.2) is 0 Å². The molecule has 0 unspecified atom stereocenters. The summed E-state index contributed by atoms with van der Waals surface area (Å²) in [6.07, 6.45) is 2.49. The smallest absolute Gasteiger partial charge is 0.0700 e. The van der Waals surface area contributed by atoms with Crippen LogP contribution in [-0.4, -0.2) is 19.7 Å². The van der Waals surface area contributed by atoms with E-state index in [0.29, 0.717) is 0 Å². The highest BCUT2D eigenvalue weighted by Crippen LogP contribution is 2.10. The summed E-state index contributed by atoms with van der Waals surface area (Å²) in [4.78, 5) is 0. The SMILES string of the molecule is [CH2]OCC1CCNCC1. The lowest BCUT2D eigenvalue weighted by atomic mass is 10.00. The van der Waals surface area contributed by atoms with Crippen LogP contribution in [0.2, 0.25) is 0 Å². The molecule has 0 aromatic carbocycles. The third-order valence-corrected chi connectivity index (χ3v) is 1.81. The fourth-order valence-electron chi connectivity index (χ4n) is 1.22. The molecule has 1 radical (unpaired) electrons. The molecule has 1 N–H and O–H groups in total. The average Bonchev–Trinajstić information content (AvgIpc) is 1.91. The summed E-state index contributed by atoms with van der Waals surface area (Å²) in [5.74, 6) is 0.753. The summed E-state index contributed by atoms with van der Waals surface area (Å²) in [5.41, 5.74) is 0. The van der Waals surface area contributed by atoms with Crippen LogP contribution in [0.5, 0.6) is 0 Å². The third kappa shape index (κ3) is 2.33. The van der Waals surface area contributed by atoms with Crippen molar-refractivity contribution < 1.29 is 4.74 Å². The van der Waals surface area contributed by atoms with Gasteiger partial charge >= 0.3 is 0 Å². The largest absolute Gasteiger partial charge is 0.379 e. The zero-order valence-corrected chi connectivity index (χ0v) is 5.73. The molecule has 0 spiro atoms. The van der Waals surface area contributed by atoms with E-state index in [1.54, 1.807) is 0 Å². The Kier molecular flexibility index (Phi) is 3.01. The van der Waals surface area contributed by atoms with E-state index in [2.05, 4.69) is 12.4 Å². The van der Waals surface area contributed by atoms with Gasteiger partial charge in [0.05, 0.1) is 7.11 Å². The van der Waals surface area contributed by atoms with Crippen molar-refractivity contribution in [3.05, 3.63) is 7.11 Å². The lowest BCUT2D eigenvalue weighted by molar-refractivity contribution is 0.165. The Morgan fingerprint density at radius 3 is 2.67 bits per heavy atom. The van der Waals surface area contributed by atoms with Gasteiger partial charge in [-0.05, 0) is 31.8 Å². The van der Waals surface area contributed by atoms with Crippen LogP contribution in [0.3, 0.4) is 0 Å². The van der Waals surface area contributed by atoms with E-state index < -0.39 is 0 Å². The maximum Gasteiger partial charge on any atom is 0.0700 e. The van der Waals surface area contributed by atoms with Gasteiger partial charge < -0.3 is 10.1 Å². The van der Waals surface area contributed by atoms with E-state index in [4.69, 9.17) is 4.74 Å². The van der Waals surface area contributed by atoms with Gasteiger partial charge in [-0.15, -0.1) is 0 Å². The second-order valence-corrected chi connectivity index (χ2v) is 2.56. The van der Waals surface area contributed by atoms with Crippen LogP contribution in [0, 0.1) is 13.0 Å². The molecule has 0 atom stereocenters. The van der Waals surface area contributed by atoms with Gasteiger partial charge in [0.2, 0.25) is 0 Å². The van der Waals surface area contributed by atoms with Crippen molar-refractivity contribution in [2.45, 2.75) is 12.8 Å². The van der Waals surface area contributed by atoms with Gasteiger partial charge in [-0.25, -0.2) is 0 Å². The molecule has 1 saturated heterocycles. The Bertz CT molecular complexity index is 66.6. The number of hydrogen-bond donors (Lipinski definition) is 1. The molecule has 2 heteroatoms. The van der Waals surface area contributed by atoms with E-state index in [1.807, 2.05) is 0 Å². The summed E-state index contributed by atoms with van der Waals surface area (Å²) in [6.45, 7) is 3.13. The Balaban J connectivity index is 2.08. The standard InChI is InChI=1S/C7H14NO/c1-9-6-7-2-4-8-5-3-7/h7-8H,1-6H2. The molecule has 1 fully saturated rings. The molecular formula is C7H14NO. The Hall–Kier alpha value is -0.0800. The van der Waals surface area contributed by atoms with Crippen LogP contribution in [0.25, 0.3) is 0 Å². The van der Waals surface area contributed by atoms with Crippen molar-refractivity contribution in [1.29, 1.82) is 0 Å². The van der Waals surface area contributed by atoms with Crippen LogP contribution in [-0.2, 0) is 4.74 Å². The summed E-state index contributed by atoms with van der Waals surface area (Å²) in [7, 11) is 3.36. The highest BCUT2D eigenvalue weighted by atomic mass is 16.5. The zero-order valence-electron chi connectivity index (χ0n) is 5.73. The van der Waals surface area contributed by atoms with Gasteiger partial charge in [0.1, 0.15) is 0 Å². The summed E-state index contributed by atoms with van der Waals surface area (Å²) in [5, 5.41) is 3.30. The predicted molar refractivity (Wildman–Crippen MR) is 36.9 cm³/mol.